The average Bonchev–Trinajstić information content (AvgIpc) is 3.72. The number of likely N-dealkylation sites (tertiary alicyclic amines) is 1. The molecule has 1 spiro atoms. The topological polar surface area (TPSA) is 145 Å². The van der Waals surface area contributed by atoms with Crippen molar-refractivity contribution in [1.29, 1.82) is 0 Å². The monoisotopic (exact) mass is 559 g/mol. The molecule has 2 amide bonds. The van der Waals surface area contributed by atoms with Crippen LogP contribution in [0, 0.1) is 5.92 Å². The number of amides is 2. The molecule has 0 aromatic heterocycles. The number of rotatable bonds is 8. The van der Waals surface area contributed by atoms with Crippen LogP contribution in [0.2, 0.25) is 0 Å². The van der Waals surface area contributed by atoms with Crippen molar-refractivity contribution in [3.05, 3.63) is 58.1 Å². The van der Waals surface area contributed by atoms with E-state index in [4.69, 9.17) is 4.74 Å². The van der Waals surface area contributed by atoms with Crippen molar-refractivity contribution in [2.24, 2.45) is 5.92 Å². The summed E-state index contributed by atoms with van der Waals surface area (Å²) in [5, 5.41) is 28.9. The first-order chi connectivity index (χ1) is 19.8. The first-order valence-electron chi connectivity index (χ1n) is 14.4. The summed E-state index contributed by atoms with van der Waals surface area (Å²) in [4.78, 5) is 50.6. The maximum atomic E-state index is 13.1. The van der Waals surface area contributed by atoms with Crippen LogP contribution in [0.25, 0.3) is 0 Å². The summed E-state index contributed by atoms with van der Waals surface area (Å²) in [5.74, 6) is 0.196. The third-order valence-electron chi connectivity index (χ3n) is 10.1. The van der Waals surface area contributed by atoms with Crippen molar-refractivity contribution >= 4 is 24.4 Å². The second-order valence-electron chi connectivity index (χ2n) is 12.3. The molecule has 2 aromatic carbocycles. The number of nitrogens with one attached hydrogen (secondary N) is 2. The van der Waals surface area contributed by atoms with Gasteiger partial charge >= 0.3 is 0 Å². The Morgan fingerprint density at radius 1 is 1.07 bits per heavy atom. The molecule has 10 heteroatoms. The van der Waals surface area contributed by atoms with E-state index in [1.165, 1.54) is 31.0 Å². The lowest BCUT2D eigenvalue weighted by Gasteiger charge is -2.64. The van der Waals surface area contributed by atoms with Gasteiger partial charge in [-0.3, -0.25) is 24.1 Å². The van der Waals surface area contributed by atoms with E-state index < -0.39 is 35.0 Å². The van der Waals surface area contributed by atoms with E-state index in [0.717, 1.165) is 24.2 Å². The molecule has 2 unspecified atom stereocenters. The molecule has 3 fully saturated rings. The summed E-state index contributed by atoms with van der Waals surface area (Å²) in [5.41, 5.74) is 0.632. The second kappa shape index (κ2) is 9.39. The molecule has 41 heavy (non-hydrogen) atoms. The molecule has 2 aromatic rings. The molecule has 2 saturated carbocycles. The van der Waals surface area contributed by atoms with Crippen molar-refractivity contribution in [3.8, 4) is 11.5 Å². The number of nitrogens with zero attached hydrogens (tertiary/aromatic N) is 1. The molecule has 2 aliphatic heterocycles. The van der Waals surface area contributed by atoms with E-state index in [1.807, 2.05) is 6.07 Å². The number of ether oxygens (including phenoxy) is 1. The number of phenols is 1. The van der Waals surface area contributed by atoms with Crippen LogP contribution < -0.4 is 15.4 Å². The number of carbonyl (C=O) groups is 4. The Balaban J connectivity index is 1.11. The van der Waals surface area contributed by atoms with Gasteiger partial charge in [0.2, 0.25) is 5.91 Å². The van der Waals surface area contributed by atoms with Gasteiger partial charge in [-0.15, -0.1) is 0 Å². The third-order valence-corrected chi connectivity index (χ3v) is 10.1. The summed E-state index contributed by atoms with van der Waals surface area (Å²) in [6.07, 6.45) is 5.32. The smallest absolute Gasteiger partial charge is 0.251 e. The van der Waals surface area contributed by atoms with Gasteiger partial charge in [-0.1, -0.05) is 12.1 Å². The van der Waals surface area contributed by atoms with Gasteiger partial charge in [0.1, 0.15) is 6.10 Å². The number of benzene rings is 2. The molecule has 0 radical (unpaired) electrons. The molecule has 5 aliphatic rings. The zero-order valence-electron chi connectivity index (χ0n) is 22.6. The first-order valence-corrected chi connectivity index (χ1v) is 14.4. The van der Waals surface area contributed by atoms with Crippen LogP contribution in [0.3, 0.4) is 0 Å². The Kier molecular flexibility index (Phi) is 5.99. The lowest BCUT2D eigenvalue weighted by Crippen LogP contribution is -2.78. The van der Waals surface area contributed by atoms with Crippen molar-refractivity contribution in [2.75, 3.05) is 19.6 Å². The van der Waals surface area contributed by atoms with Crippen LogP contribution in [-0.2, 0) is 16.6 Å². The van der Waals surface area contributed by atoms with Crippen molar-refractivity contribution < 1.29 is 34.1 Å². The highest BCUT2D eigenvalue weighted by molar-refractivity contribution is 6.00. The Morgan fingerprint density at radius 2 is 1.88 bits per heavy atom. The average molecular weight is 560 g/mol. The summed E-state index contributed by atoms with van der Waals surface area (Å²) in [7, 11) is 0. The number of aliphatic hydroxyl groups is 1. The fourth-order valence-electron chi connectivity index (χ4n) is 8.08. The first kappa shape index (κ1) is 26.2. The quantitative estimate of drug-likeness (QED) is 0.356. The van der Waals surface area contributed by atoms with Gasteiger partial charge in [-0.05, 0) is 74.8 Å². The van der Waals surface area contributed by atoms with E-state index in [9.17, 15) is 29.4 Å². The molecule has 2 bridgehead atoms. The lowest BCUT2D eigenvalue weighted by molar-refractivity contribution is -0.192. The highest BCUT2D eigenvalue weighted by Crippen LogP contribution is 2.65. The maximum absolute atomic E-state index is 13.1. The minimum atomic E-state index is -1.05. The van der Waals surface area contributed by atoms with Gasteiger partial charge in [0.15, 0.2) is 24.1 Å². The summed E-state index contributed by atoms with van der Waals surface area (Å²) >= 11 is 0. The van der Waals surface area contributed by atoms with Crippen molar-refractivity contribution in [3.63, 3.8) is 0 Å². The van der Waals surface area contributed by atoms with Crippen LogP contribution in [0.1, 0.15) is 74.3 Å². The van der Waals surface area contributed by atoms with Crippen LogP contribution >= 0.6 is 0 Å². The van der Waals surface area contributed by atoms with Crippen molar-refractivity contribution in [2.45, 2.75) is 67.7 Å². The fourth-order valence-corrected chi connectivity index (χ4v) is 8.08. The normalized spacial score (nSPS) is 31.0. The molecular formula is C31H33N3O7. The van der Waals surface area contributed by atoms with Gasteiger partial charge in [-0.25, -0.2) is 0 Å². The summed E-state index contributed by atoms with van der Waals surface area (Å²) in [6.45, 7) is 1.51. The van der Waals surface area contributed by atoms with E-state index in [0.29, 0.717) is 49.9 Å². The fraction of sp³-hybridized carbons (Fsp3) is 0.484. The minimum Gasteiger partial charge on any atom is -0.504 e. The largest absolute Gasteiger partial charge is 0.504 e. The molecule has 10 nitrogen and oxygen atoms in total. The van der Waals surface area contributed by atoms with Gasteiger partial charge in [0, 0.05) is 34.8 Å². The van der Waals surface area contributed by atoms with E-state index in [1.54, 1.807) is 6.07 Å². The Hall–Kier alpha value is -3.76. The molecule has 1 saturated heterocycles. The number of phenolic OH excluding ortho intramolecular Hbond substituents is 1. The van der Waals surface area contributed by atoms with Gasteiger partial charge in [0.05, 0.1) is 23.6 Å². The number of hydrogen-bond acceptors (Lipinski definition) is 8. The molecule has 5 atom stereocenters. The third kappa shape index (κ3) is 3.84. The minimum absolute atomic E-state index is 0.0429. The SMILES string of the molecule is O=Cc1ccc(C(=O)NCC(=O)N[C@@H]2CC[C@@]3(O)[C@H]4Cc5ccc(O)c6c5C3(CCN4CC3CC3)C2O6)cc1C=O. The Morgan fingerprint density at radius 3 is 2.63 bits per heavy atom. The number of aromatic hydroxyl groups is 1. The number of piperidine rings is 1. The Labute approximate surface area is 237 Å². The van der Waals surface area contributed by atoms with Gasteiger partial charge < -0.3 is 25.6 Å². The zero-order chi connectivity index (χ0) is 28.5. The number of aldehydes is 2. The van der Waals surface area contributed by atoms with Crippen LogP contribution in [0.5, 0.6) is 11.5 Å². The molecule has 214 valence electrons. The van der Waals surface area contributed by atoms with Crippen LogP contribution in [0.4, 0.5) is 0 Å². The van der Waals surface area contributed by atoms with E-state index in [2.05, 4.69) is 15.5 Å². The highest BCUT2D eigenvalue weighted by atomic mass is 16.5. The molecule has 7 rings (SSSR count). The van der Waals surface area contributed by atoms with Crippen LogP contribution in [0.15, 0.2) is 30.3 Å². The number of carbonyl (C=O) groups excluding carboxylic acids is 4. The summed E-state index contributed by atoms with van der Waals surface area (Å²) < 4.78 is 6.47. The number of hydrogen-bond donors (Lipinski definition) is 4. The molecule has 3 aliphatic carbocycles. The summed E-state index contributed by atoms with van der Waals surface area (Å²) in [6, 6.07) is 7.26. The Bertz CT molecular complexity index is 1470. The predicted octanol–water partition coefficient (Wildman–Crippen LogP) is 1.50. The molecule has 4 N–H and O–H groups in total. The molecular weight excluding hydrogens is 526 g/mol. The second-order valence-corrected chi connectivity index (χ2v) is 12.3. The maximum Gasteiger partial charge on any atom is 0.251 e. The predicted molar refractivity (Wildman–Crippen MR) is 146 cm³/mol. The standard InChI is InChI=1S/C31H33N3O7/c35-15-20-4-3-19(11-21(20)16-36)29(39)32-13-25(38)33-22-7-8-31(40)24-12-18-5-6-23(37)27-26(18)30(31,28(22)41-27)9-10-34(24)14-17-1-2-17/h3-6,11,15-17,22,24,28,37,40H,1-2,7-10,12-14H2,(H,32,39)(H,33,38)/t22-,24-,28?,30?,31-/m1/s1. The molecule has 2 heterocycles. The van der Waals surface area contributed by atoms with E-state index >= 15 is 0 Å². The zero-order valence-corrected chi connectivity index (χ0v) is 22.6. The lowest BCUT2D eigenvalue weighted by atomic mass is 9.48. The van der Waals surface area contributed by atoms with Gasteiger partial charge in [0.25, 0.3) is 5.91 Å². The van der Waals surface area contributed by atoms with E-state index in [-0.39, 0.29) is 35.0 Å². The van der Waals surface area contributed by atoms with Gasteiger partial charge in [-0.2, -0.15) is 0 Å². The highest BCUT2D eigenvalue weighted by Gasteiger charge is 2.73. The van der Waals surface area contributed by atoms with Crippen LogP contribution in [-0.4, -0.2) is 82.9 Å². The van der Waals surface area contributed by atoms with Crippen molar-refractivity contribution in [1.82, 2.24) is 15.5 Å².